The molecule has 0 aromatic carbocycles. The van der Waals surface area contributed by atoms with Crippen molar-refractivity contribution in [2.24, 2.45) is 0 Å². The van der Waals surface area contributed by atoms with Gasteiger partial charge in [0.2, 0.25) is 11.8 Å². The number of aliphatic hydroxyl groups is 18. The summed E-state index contributed by atoms with van der Waals surface area (Å²) in [5.74, 6) is -1.55. The van der Waals surface area contributed by atoms with Crippen LogP contribution in [0.25, 0.3) is 0 Å². The van der Waals surface area contributed by atoms with Gasteiger partial charge in [0.25, 0.3) is 0 Å². The molecule has 33 nitrogen and oxygen atoms in total. The topological polar surface area (TPSA) is 524 Å². The molecular formula is C40H68N2O31. The summed E-state index contributed by atoms with van der Waals surface area (Å²) >= 11 is 0. The summed E-state index contributed by atoms with van der Waals surface area (Å²) in [5.41, 5.74) is 0. The van der Waals surface area contributed by atoms with Crippen molar-refractivity contribution in [1.29, 1.82) is 0 Å². The third-order valence-corrected chi connectivity index (χ3v) is 13.2. The number of hydrogen-bond donors (Lipinski definition) is 20. The van der Waals surface area contributed by atoms with Crippen molar-refractivity contribution in [1.82, 2.24) is 10.6 Å². The first-order valence-corrected chi connectivity index (χ1v) is 23.1. The molecule has 0 aromatic rings. The zero-order valence-corrected chi connectivity index (χ0v) is 38.9. The van der Waals surface area contributed by atoms with E-state index in [2.05, 4.69) is 10.6 Å². The smallest absolute Gasteiger partial charge is 0.217 e. The first kappa shape index (κ1) is 60.0. The normalized spacial score (nSPS) is 49.8. The monoisotopic (exact) mass is 1070 g/mol. The van der Waals surface area contributed by atoms with Crippen molar-refractivity contribution in [3.63, 3.8) is 0 Å². The van der Waals surface area contributed by atoms with Crippen molar-refractivity contribution >= 4 is 11.8 Å². The van der Waals surface area contributed by atoms with Crippen LogP contribution in [0.2, 0.25) is 0 Å². The lowest BCUT2D eigenvalue weighted by Crippen LogP contribution is -2.70. The first-order valence-electron chi connectivity index (χ1n) is 23.1. The molecular weight excluding hydrogens is 1000 g/mol. The Morgan fingerprint density at radius 1 is 0.356 bits per heavy atom. The van der Waals surface area contributed by atoms with Crippen LogP contribution in [0.1, 0.15) is 13.8 Å². The maximum Gasteiger partial charge on any atom is 0.217 e. The number of hydrogen-bond acceptors (Lipinski definition) is 31. The van der Waals surface area contributed by atoms with Gasteiger partial charge >= 0.3 is 0 Å². The summed E-state index contributed by atoms with van der Waals surface area (Å²) in [6.07, 6.45) is -53.4. The molecule has 0 radical (unpaired) electrons. The van der Waals surface area contributed by atoms with E-state index in [4.69, 9.17) is 52.1 Å². The van der Waals surface area contributed by atoms with Crippen molar-refractivity contribution in [2.45, 2.75) is 198 Å². The van der Waals surface area contributed by atoms with Crippen LogP contribution in [0.4, 0.5) is 0 Å². The quantitative estimate of drug-likeness (QED) is 0.0606. The molecule has 6 aliphatic rings. The van der Waals surface area contributed by atoms with Gasteiger partial charge in [-0.3, -0.25) is 9.59 Å². The molecule has 0 bridgehead atoms. The SMILES string of the molecule is CC(=O)N[C@@H]1[C@@H](O)[C@H](O[C@@H]2O[C@H](CO)[C@@H](O[C@@H]3O[C@H](CO[C@@H]4O[C@H](CO)[C@@H](O)[C@H](O)[C@@H]4O)[C@@H](O)[C@H](O[C@@H]4O[C@H](CO)[C@@H](O[C@@H]5O[C@H](CO)[C@@H](O)[C@H](O)[C@@H]5O)[C@H](O)[C@@H]4O)[C@@H]3O)[C@H](O)[C@H]2NC(C)=O)[C@@H](CO)O[C@H]1O. The average Bonchev–Trinajstić information content (AvgIpc) is 3.35. The van der Waals surface area contributed by atoms with Gasteiger partial charge in [-0.2, -0.15) is 0 Å². The highest BCUT2D eigenvalue weighted by molar-refractivity contribution is 5.73. The molecule has 20 N–H and O–H groups in total. The van der Waals surface area contributed by atoms with Crippen LogP contribution in [0, 0.1) is 0 Å². The average molecular weight is 1070 g/mol. The van der Waals surface area contributed by atoms with Crippen LogP contribution < -0.4 is 10.6 Å². The lowest BCUT2D eigenvalue weighted by Gasteiger charge is -2.50. The minimum Gasteiger partial charge on any atom is -0.394 e. The lowest BCUT2D eigenvalue weighted by atomic mass is 9.94. The van der Waals surface area contributed by atoms with Gasteiger partial charge in [0.05, 0.1) is 39.6 Å². The van der Waals surface area contributed by atoms with Gasteiger partial charge in [-0.25, -0.2) is 0 Å². The lowest BCUT2D eigenvalue weighted by molar-refractivity contribution is -0.391. The fourth-order valence-electron chi connectivity index (χ4n) is 9.22. The van der Waals surface area contributed by atoms with Gasteiger partial charge in [0, 0.05) is 13.8 Å². The Morgan fingerprint density at radius 3 is 1.22 bits per heavy atom. The maximum atomic E-state index is 12.6. The predicted octanol–water partition coefficient (Wildman–Crippen LogP) is -13.8. The Balaban J connectivity index is 1.26. The molecule has 33 heteroatoms. The second kappa shape index (κ2) is 26.0. The summed E-state index contributed by atoms with van der Waals surface area (Å²) in [4.78, 5) is 24.4. The van der Waals surface area contributed by atoms with Crippen molar-refractivity contribution in [3.8, 4) is 0 Å². The van der Waals surface area contributed by atoms with Crippen LogP contribution in [0.15, 0.2) is 0 Å². The number of nitrogens with one attached hydrogen (secondary N) is 2. The van der Waals surface area contributed by atoms with Gasteiger partial charge < -0.3 is 155 Å². The van der Waals surface area contributed by atoms with Gasteiger partial charge in [-0.05, 0) is 0 Å². The Kier molecular flexibility index (Phi) is 21.3. The molecule has 0 saturated carbocycles. The molecule has 0 spiro atoms. The molecule has 0 unspecified atom stereocenters. The molecule has 6 saturated heterocycles. The van der Waals surface area contributed by atoms with E-state index in [9.17, 15) is 102 Å². The van der Waals surface area contributed by atoms with E-state index in [-0.39, 0.29) is 0 Å². The van der Waals surface area contributed by atoms with E-state index < -0.39 is 236 Å². The number of ether oxygens (including phenoxy) is 11. The number of rotatable bonds is 18. The molecule has 424 valence electrons. The highest BCUT2D eigenvalue weighted by atomic mass is 16.8. The van der Waals surface area contributed by atoms with E-state index in [1.54, 1.807) is 0 Å². The Morgan fingerprint density at radius 2 is 0.712 bits per heavy atom. The maximum absolute atomic E-state index is 12.6. The zero-order valence-electron chi connectivity index (χ0n) is 38.9. The molecule has 30 atom stereocenters. The number of carbonyl (C=O) groups is 2. The highest BCUT2D eigenvalue weighted by Crippen LogP contribution is 2.36. The third-order valence-electron chi connectivity index (χ3n) is 13.2. The Hall–Kier alpha value is -2.22. The summed E-state index contributed by atoms with van der Waals surface area (Å²) in [5, 5.41) is 197. The molecule has 0 aromatic heterocycles. The van der Waals surface area contributed by atoms with Crippen LogP contribution >= 0.6 is 0 Å². The fourth-order valence-corrected chi connectivity index (χ4v) is 9.22. The first-order chi connectivity index (χ1) is 34.5. The predicted molar refractivity (Wildman–Crippen MR) is 222 cm³/mol. The molecule has 6 aliphatic heterocycles. The summed E-state index contributed by atoms with van der Waals surface area (Å²) < 4.78 is 62.4. The van der Waals surface area contributed by atoms with Gasteiger partial charge in [-0.1, -0.05) is 0 Å². The zero-order chi connectivity index (χ0) is 53.9. The van der Waals surface area contributed by atoms with Crippen molar-refractivity contribution in [2.75, 3.05) is 39.6 Å². The fraction of sp³-hybridized carbons (Fsp3) is 0.950. The standard InChI is InChI=1S/C40H68N2O31/c1-9(48)41-17-22(53)31(13(5-45)64-35(17)62)70-36-18(42-10(2)49)23(54)32(14(6-46)67-36)71-40-30(61)34(21(52)16(69-40)8-63-37-27(58)24(55)19(50)11(3-43)65-37)73-39-29(60)26(57)33(15(7-47)68-39)72-38-28(59)25(56)20(51)12(4-44)66-38/h11-40,43-47,50-62H,3-8H2,1-2H3,(H,41,48)(H,42,49)/t11-,12-,13-,14-,15-,16-,17-,18-,19-,20-,21-,22-,23-,24+,25+,26-,27+,28+,29+,30+,31-,32-,33-,34+,35-,36+,37-,38+,39+,40+/m1/s1. The number of aliphatic hydroxyl groups excluding tert-OH is 18. The molecule has 73 heavy (non-hydrogen) atoms. The summed E-state index contributed by atoms with van der Waals surface area (Å²) in [6, 6.07) is -3.28. The van der Waals surface area contributed by atoms with E-state index in [0.717, 1.165) is 13.8 Å². The molecule has 6 fully saturated rings. The Labute approximate surface area is 413 Å². The molecule has 2 amide bonds. The minimum absolute atomic E-state index is 0.716. The van der Waals surface area contributed by atoms with Crippen LogP contribution in [-0.2, 0) is 61.7 Å². The van der Waals surface area contributed by atoms with Crippen LogP contribution in [-0.4, -0.2) is 327 Å². The molecule has 6 rings (SSSR count). The van der Waals surface area contributed by atoms with Crippen LogP contribution in [0.3, 0.4) is 0 Å². The second-order valence-corrected chi connectivity index (χ2v) is 18.3. The van der Waals surface area contributed by atoms with E-state index in [0.29, 0.717) is 0 Å². The van der Waals surface area contributed by atoms with Gasteiger partial charge in [0.1, 0.15) is 146 Å². The molecule has 0 aliphatic carbocycles. The third kappa shape index (κ3) is 13.0. The van der Waals surface area contributed by atoms with Crippen molar-refractivity contribution in [3.05, 3.63) is 0 Å². The Bertz CT molecular complexity index is 1740. The van der Waals surface area contributed by atoms with Crippen LogP contribution in [0.5, 0.6) is 0 Å². The highest BCUT2D eigenvalue weighted by Gasteiger charge is 2.57. The van der Waals surface area contributed by atoms with Gasteiger partial charge in [0.15, 0.2) is 37.7 Å². The molecule has 6 heterocycles. The van der Waals surface area contributed by atoms with E-state index in [1.807, 2.05) is 0 Å². The van der Waals surface area contributed by atoms with E-state index >= 15 is 0 Å². The number of carbonyl (C=O) groups excluding carboxylic acids is 2. The van der Waals surface area contributed by atoms with E-state index in [1.165, 1.54) is 0 Å². The summed E-state index contributed by atoms with van der Waals surface area (Å²) in [7, 11) is 0. The second-order valence-electron chi connectivity index (χ2n) is 18.3. The largest absolute Gasteiger partial charge is 0.394 e. The van der Waals surface area contributed by atoms with Gasteiger partial charge in [-0.15, -0.1) is 0 Å². The number of amides is 2. The summed E-state index contributed by atoms with van der Waals surface area (Å²) in [6.45, 7) is -3.57. The van der Waals surface area contributed by atoms with Crippen molar-refractivity contribution < 1.29 is 154 Å². The minimum atomic E-state index is -2.29.